The molecule has 0 spiro atoms. The molecular formula is C11H11ClN4O2. The fourth-order valence-electron chi connectivity index (χ4n) is 1.53. The average Bonchev–Trinajstić information content (AvgIpc) is 2.60. The molecule has 0 fully saturated rings. The Morgan fingerprint density at radius 2 is 2.28 bits per heavy atom. The van der Waals surface area contributed by atoms with Gasteiger partial charge in [0.2, 0.25) is 0 Å². The van der Waals surface area contributed by atoms with Crippen molar-refractivity contribution in [3.05, 3.63) is 34.7 Å². The molecule has 0 amide bonds. The third kappa shape index (κ3) is 2.43. The first-order chi connectivity index (χ1) is 8.47. The minimum atomic E-state index is -1.09. The number of nitrogens with one attached hydrogen (secondary N) is 1. The predicted octanol–water partition coefficient (Wildman–Crippen LogP) is 2.22. The Morgan fingerprint density at radius 3 is 2.83 bits per heavy atom. The molecule has 0 saturated carbocycles. The maximum atomic E-state index is 10.9. The first kappa shape index (κ1) is 12.4. The van der Waals surface area contributed by atoms with E-state index in [0.717, 1.165) is 11.4 Å². The molecular weight excluding hydrogens is 256 g/mol. The summed E-state index contributed by atoms with van der Waals surface area (Å²) >= 11 is 5.74. The molecule has 94 valence electrons. The molecule has 0 aliphatic heterocycles. The molecule has 0 aliphatic rings. The summed E-state index contributed by atoms with van der Waals surface area (Å²) in [4.78, 5) is 15.0. The molecule has 2 heterocycles. The molecule has 0 atom stereocenters. The molecule has 2 aromatic heterocycles. The number of aromatic nitrogens is 3. The normalized spacial score (nSPS) is 10.4. The smallest absolute Gasteiger partial charge is 0.337 e. The van der Waals surface area contributed by atoms with Crippen LogP contribution in [0.15, 0.2) is 18.5 Å². The quantitative estimate of drug-likeness (QED) is 0.890. The molecule has 6 nitrogen and oxygen atoms in total. The summed E-state index contributed by atoms with van der Waals surface area (Å²) in [6.07, 6.45) is 3.09. The van der Waals surface area contributed by atoms with Gasteiger partial charge in [-0.1, -0.05) is 11.6 Å². The minimum Gasteiger partial charge on any atom is -0.478 e. The Labute approximate surface area is 108 Å². The highest BCUT2D eigenvalue weighted by Gasteiger charge is 2.11. The highest BCUT2D eigenvalue weighted by molar-refractivity contribution is 6.33. The van der Waals surface area contributed by atoms with E-state index in [-0.39, 0.29) is 10.6 Å². The maximum absolute atomic E-state index is 10.9. The Balaban J connectivity index is 2.32. The number of aryl methyl sites for hydroxylation is 2. The van der Waals surface area contributed by atoms with Crippen LogP contribution in [0.2, 0.25) is 5.02 Å². The zero-order valence-electron chi connectivity index (χ0n) is 9.81. The van der Waals surface area contributed by atoms with E-state index in [0.29, 0.717) is 5.82 Å². The number of hydrogen-bond donors (Lipinski definition) is 2. The summed E-state index contributed by atoms with van der Waals surface area (Å²) in [6, 6.07) is 1.39. The lowest BCUT2D eigenvalue weighted by Gasteiger charge is -2.05. The van der Waals surface area contributed by atoms with Gasteiger partial charge in [-0.2, -0.15) is 5.10 Å². The summed E-state index contributed by atoms with van der Waals surface area (Å²) in [7, 11) is 1.80. The van der Waals surface area contributed by atoms with Crippen LogP contribution in [0.4, 0.5) is 11.5 Å². The van der Waals surface area contributed by atoms with Crippen LogP contribution in [0.25, 0.3) is 0 Å². The van der Waals surface area contributed by atoms with Gasteiger partial charge in [0.25, 0.3) is 0 Å². The lowest BCUT2D eigenvalue weighted by molar-refractivity contribution is 0.0697. The van der Waals surface area contributed by atoms with E-state index < -0.39 is 5.97 Å². The SMILES string of the molecule is Cc1nn(C)cc1Nc1cc(C(=O)O)c(Cl)cn1. The van der Waals surface area contributed by atoms with Crippen LogP contribution in [0.1, 0.15) is 16.1 Å². The van der Waals surface area contributed by atoms with Crippen LogP contribution >= 0.6 is 11.6 Å². The second-order valence-corrected chi connectivity index (χ2v) is 4.19. The van der Waals surface area contributed by atoms with Crippen LogP contribution in [0.3, 0.4) is 0 Å². The van der Waals surface area contributed by atoms with Gasteiger partial charge in [0.15, 0.2) is 0 Å². The van der Waals surface area contributed by atoms with Crippen LogP contribution < -0.4 is 5.32 Å². The molecule has 0 radical (unpaired) electrons. The Kier molecular flexibility index (Phi) is 3.20. The zero-order valence-corrected chi connectivity index (χ0v) is 10.6. The first-order valence-corrected chi connectivity index (χ1v) is 5.51. The van der Waals surface area contributed by atoms with Gasteiger partial charge in [-0.15, -0.1) is 0 Å². The predicted molar refractivity (Wildman–Crippen MR) is 67.4 cm³/mol. The standard InChI is InChI=1S/C11H11ClN4O2/c1-6-9(5-16(2)15-6)14-10-3-7(11(17)18)8(12)4-13-10/h3-5H,1-2H3,(H,13,14)(H,17,18). The van der Waals surface area contributed by atoms with Gasteiger partial charge in [-0.05, 0) is 13.0 Å². The number of carbonyl (C=O) groups is 1. The van der Waals surface area contributed by atoms with Gasteiger partial charge >= 0.3 is 5.97 Å². The number of nitrogens with zero attached hydrogens (tertiary/aromatic N) is 3. The van der Waals surface area contributed by atoms with Gasteiger partial charge in [0, 0.05) is 19.4 Å². The van der Waals surface area contributed by atoms with Gasteiger partial charge in [0.05, 0.1) is 22.0 Å². The number of rotatable bonds is 3. The molecule has 2 aromatic rings. The van der Waals surface area contributed by atoms with Crippen molar-refractivity contribution in [2.45, 2.75) is 6.92 Å². The van der Waals surface area contributed by atoms with E-state index >= 15 is 0 Å². The zero-order chi connectivity index (χ0) is 13.3. The molecule has 2 N–H and O–H groups in total. The Morgan fingerprint density at radius 1 is 1.56 bits per heavy atom. The lowest BCUT2D eigenvalue weighted by atomic mass is 10.2. The molecule has 0 aliphatic carbocycles. The summed E-state index contributed by atoms with van der Waals surface area (Å²) < 4.78 is 1.66. The number of aromatic carboxylic acids is 1. The molecule has 0 bridgehead atoms. The molecule has 0 unspecified atom stereocenters. The fraction of sp³-hybridized carbons (Fsp3) is 0.182. The van der Waals surface area contributed by atoms with Crippen molar-refractivity contribution in [3.8, 4) is 0 Å². The highest BCUT2D eigenvalue weighted by Crippen LogP contribution is 2.22. The third-order valence-electron chi connectivity index (χ3n) is 2.36. The second-order valence-electron chi connectivity index (χ2n) is 3.78. The van der Waals surface area contributed by atoms with Gasteiger partial charge in [-0.25, -0.2) is 9.78 Å². The van der Waals surface area contributed by atoms with Crippen LogP contribution in [-0.4, -0.2) is 25.8 Å². The number of pyridine rings is 1. The lowest BCUT2D eigenvalue weighted by Crippen LogP contribution is -2.01. The number of halogens is 1. The number of carboxylic acids is 1. The first-order valence-electron chi connectivity index (χ1n) is 5.13. The van der Waals surface area contributed by atoms with E-state index in [4.69, 9.17) is 16.7 Å². The van der Waals surface area contributed by atoms with Crippen LogP contribution in [0.5, 0.6) is 0 Å². The van der Waals surface area contributed by atoms with E-state index in [2.05, 4.69) is 15.4 Å². The molecule has 0 aromatic carbocycles. The van der Waals surface area contributed by atoms with E-state index in [1.54, 1.807) is 17.9 Å². The number of hydrogen-bond acceptors (Lipinski definition) is 4. The van der Waals surface area contributed by atoms with Gasteiger partial charge in [-0.3, -0.25) is 4.68 Å². The average molecular weight is 267 g/mol. The molecule has 18 heavy (non-hydrogen) atoms. The fourth-order valence-corrected chi connectivity index (χ4v) is 1.72. The maximum Gasteiger partial charge on any atom is 0.337 e. The number of anilines is 2. The van der Waals surface area contributed by atoms with Crippen molar-refractivity contribution in [3.63, 3.8) is 0 Å². The Bertz CT molecular complexity index is 609. The second kappa shape index (κ2) is 4.66. The molecule has 7 heteroatoms. The monoisotopic (exact) mass is 266 g/mol. The van der Waals surface area contributed by atoms with Crippen molar-refractivity contribution >= 4 is 29.1 Å². The largest absolute Gasteiger partial charge is 0.478 e. The van der Waals surface area contributed by atoms with Crippen molar-refractivity contribution < 1.29 is 9.90 Å². The topological polar surface area (TPSA) is 80.0 Å². The van der Waals surface area contributed by atoms with E-state index in [9.17, 15) is 4.79 Å². The van der Waals surface area contributed by atoms with E-state index in [1.807, 2.05) is 6.92 Å². The third-order valence-corrected chi connectivity index (χ3v) is 2.66. The summed E-state index contributed by atoms with van der Waals surface area (Å²) in [5, 5.41) is 16.2. The van der Waals surface area contributed by atoms with Crippen molar-refractivity contribution in [2.24, 2.45) is 7.05 Å². The van der Waals surface area contributed by atoms with E-state index in [1.165, 1.54) is 12.3 Å². The molecule has 0 saturated heterocycles. The summed E-state index contributed by atoms with van der Waals surface area (Å²) in [6.45, 7) is 1.84. The van der Waals surface area contributed by atoms with Gasteiger partial charge < -0.3 is 10.4 Å². The number of carboxylic acid groups (broad SMARTS) is 1. The Hall–Kier alpha value is -2.08. The van der Waals surface area contributed by atoms with Crippen LogP contribution in [0, 0.1) is 6.92 Å². The highest BCUT2D eigenvalue weighted by atomic mass is 35.5. The van der Waals surface area contributed by atoms with Crippen molar-refractivity contribution in [1.82, 2.24) is 14.8 Å². The van der Waals surface area contributed by atoms with Crippen LogP contribution in [-0.2, 0) is 7.05 Å². The van der Waals surface area contributed by atoms with Crippen molar-refractivity contribution in [1.29, 1.82) is 0 Å². The van der Waals surface area contributed by atoms with Gasteiger partial charge in [0.1, 0.15) is 5.82 Å². The summed E-state index contributed by atoms with van der Waals surface area (Å²) in [5.41, 5.74) is 1.57. The summed E-state index contributed by atoms with van der Waals surface area (Å²) in [5.74, 6) is -0.679. The van der Waals surface area contributed by atoms with Crippen molar-refractivity contribution in [2.75, 3.05) is 5.32 Å². The minimum absolute atomic E-state index is 0.00992. The molecule has 2 rings (SSSR count).